The van der Waals surface area contributed by atoms with Crippen molar-refractivity contribution in [1.82, 2.24) is 0 Å². The average molecular weight is 371 g/mol. The molecule has 0 amide bonds. The third kappa shape index (κ3) is 5.85. The van der Waals surface area contributed by atoms with Crippen LogP contribution >= 0.6 is 0 Å². The third-order valence-corrected chi connectivity index (χ3v) is 6.78. The lowest BCUT2D eigenvalue weighted by Gasteiger charge is -2.37. The number of methoxy groups -OCH3 is 1. The van der Waals surface area contributed by atoms with E-state index in [0.717, 1.165) is 23.5 Å². The molecule has 2 saturated carbocycles. The Morgan fingerprint density at radius 2 is 1.59 bits per heavy atom. The lowest BCUT2D eigenvalue weighted by Crippen LogP contribution is -2.25. The molecule has 0 atom stereocenters. The van der Waals surface area contributed by atoms with Gasteiger partial charge >= 0.3 is 5.97 Å². The van der Waals surface area contributed by atoms with Crippen molar-refractivity contribution in [2.24, 2.45) is 17.8 Å². The topological polar surface area (TPSA) is 46.5 Å². The van der Waals surface area contributed by atoms with Crippen molar-refractivity contribution in [2.75, 3.05) is 7.11 Å². The number of aliphatic carboxylic acids is 1. The summed E-state index contributed by atoms with van der Waals surface area (Å²) in [5.74, 6) is 3.46. The highest BCUT2D eigenvalue weighted by Gasteiger charge is 2.30. The number of benzene rings is 1. The number of allylic oxidation sites excluding steroid dienone is 2. The Bertz CT molecular complexity index is 603. The molecule has 3 rings (SSSR count). The van der Waals surface area contributed by atoms with Crippen molar-refractivity contribution in [1.29, 1.82) is 0 Å². The molecule has 0 unspecified atom stereocenters. The predicted octanol–water partition coefficient (Wildman–Crippen LogP) is 6.20. The fraction of sp³-hybridized carbons (Fsp3) is 0.625. The van der Waals surface area contributed by atoms with E-state index in [9.17, 15) is 4.79 Å². The highest BCUT2D eigenvalue weighted by atomic mass is 16.5. The van der Waals surface area contributed by atoms with Gasteiger partial charge in [-0.25, -0.2) is 0 Å². The molecule has 0 saturated heterocycles. The van der Waals surface area contributed by atoms with Crippen LogP contribution in [0.3, 0.4) is 0 Å². The molecule has 0 bridgehead atoms. The molecule has 148 valence electrons. The van der Waals surface area contributed by atoms with Crippen LogP contribution in [0, 0.1) is 17.8 Å². The number of hydrogen-bond donors (Lipinski definition) is 1. The van der Waals surface area contributed by atoms with Crippen LogP contribution in [0.2, 0.25) is 0 Å². The summed E-state index contributed by atoms with van der Waals surface area (Å²) in [6.07, 6.45) is 16.0. The van der Waals surface area contributed by atoms with Gasteiger partial charge in [0.25, 0.3) is 0 Å². The molecule has 1 N–H and O–H groups in total. The molecule has 3 heteroatoms. The van der Waals surface area contributed by atoms with E-state index in [1.807, 2.05) is 0 Å². The van der Waals surface area contributed by atoms with Gasteiger partial charge in [-0.15, -0.1) is 0 Å². The second-order valence-electron chi connectivity index (χ2n) is 8.42. The zero-order chi connectivity index (χ0) is 19.1. The van der Waals surface area contributed by atoms with E-state index in [1.165, 1.54) is 56.9 Å². The summed E-state index contributed by atoms with van der Waals surface area (Å²) in [4.78, 5) is 10.6. The number of rotatable bonds is 7. The zero-order valence-corrected chi connectivity index (χ0v) is 16.6. The van der Waals surface area contributed by atoms with E-state index < -0.39 is 5.97 Å². The van der Waals surface area contributed by atoms with Gasteiger partial charge in [-0.1, -0.05) is 24.3 Å². The second-order valence-corrected chi connectivity index (χ2v) is 8.42. The largest absolute Gasteiger partial charge is 0.497 e. The number of carboxylic acids is 1. The van der Waals surface area contributed by atoms with Crippen LogP contribution in [-0.2, 0) is 4.79 Å². The molecule has 27 heavy (non-hydrogen) atoms. The van der Waals surface area contributed by atoms with E-state index in [4.69, 9.17) is 9.84 Å². The Labute approximate surface area is 163 Å². The second kappa shape index (κ2) is 9.96. The molecular formula is C24H34O3. The standard InChI is InChI=1S/C24H34O3/c1-27-23-16-14-22(15-17-23)21-12-10-20(11-13-21)19-8-6-18(7-9-19)4-2-3-5-24(25)26/h2,4,14-21H,3,5-13H2,1H3,(H,25,26)/t18-,19-,20-,21-. The molecule has 0 aliphatic heterocycles. The van der Waals surface area contributed by atoms with Crippen molar-refractivity contribution in [2.45, 2.75) is 70.1 Å². The SMILES string of the molecule is COc1ccc([C@H]2CC[C@H]([C@H]3CC[C@H](C=CCCC(=O)O)CC3)CC2)cc1. The van der Waals surface area contributed by atoms with E-state index in [0.29, 0.717) is 12.3 Å². The first-order valence-corrected chi connectivity index (χ1v) is 10.7. The van der Waals surface area contributed by atoms with Crippen LogP contribution in [0.25, 0.3) is 0 Å². The quantitative estimate of drug-likeness (QED) is 0.582. The van der Waals surface area contributed by atoms with E-state index in [-0.39, 0.29) is 6.42 Å². The van der Waals surface area contributed by atoms with Gasteiger partial charge in [0.2, 0.25) is 0 Å². The molecule has 0 spiro atoms. The van der Waals surface area contributed by atoms with Crippen molar-refractivity contribution in [3.8, 4) is 5.75 Å². The number of ether oxygens (including phenoxy) is 1. The molecule has 0 heterocycles. The summed E-state index contributed by atoms with van der Waals surface area (Å²) in [7, 11) is 1.72. The van der Waals surface area contributed by atoms with Crippen LogP contribution in [0.5, 0.6) is 5.75 Å². The van der Waals surface area contributed by atoms with Crippen LogP contribution in [0.4, 0.5) is 0 Å². The van der Waals surface area contributed by atoms with Crippen molar-refractivity contribution < 1.29 is 14.6 Å². The average Bonchev–Trinajstić information content (AvgIpc) is 2.72. The molecule has 0 radical (unpaired) electrons. The normalized spacial score (nSPS) is 28.9. The van der Waals surface area contributed by atoms with Crippen molar-refractivity contribution >= 4 is 5.97 Å². The molecule has 2 fully saturated rings. The Morgan fingerprint density at radius 3 is 2.15 bits per heavy atom. The van der Waals surface area contributed by atoms with Crippen molar-refractivity contribution in [3.63, 3.8) is 0 Å². The van der Waals surface area contributed by atoms with Crippen LogP contribution in [0.15, 0.2) is 36.4 Å². The summed E-state index contributed by atoms with van der Waals surface area (Å²) in [6, 6.07) is 8.66. The summed E-state index contributed by atoms with van der Waals surface area (Å²) in [5, 5.41) is 8.70. The molecule has 2 aliphatic rings. The van der Waals surface area contributed by atoms with Crippen LogP contribution in [0.1, 0.15) is 75.7 Å². The lowest BCUT2D eigenvalue weighted by atomic mass is 9.68. The van der Waals surface area contributed by atoms with E-state index in [2.05, 4.69) is 36.4 Å². The monoisotopic (exact) mass is 370 g/mol. The fourth-order valence-electron chi connectivity index (χ4n) is 5.10. The zero-order valence-electron chi connectivity index (χ0n) is 16.6. The maximum Gasteiger partial charge on any atom is 0.303 e. The Kier molecular flexibility index (Phi) is 7.37. The van der Waals surface area contributed by atoms with Gasteiger partial charge < -0.3 is 9.84 Å². The highest BCUT2D eigenvalue weighted by molar-refractivity contribution is 5.66. The molecular weight excluding hydrogens is 336 g/mol. The van der Waals surface area contributed by atoms with Gasteiger partial charge in [-0.05, 0) is 99.2 Å². The maximum atomic E-state index is 10.6. The minimum Gasteiger partial charge on any atom is -0.497 e. The number of hydrogen-bond acceptors (Lipinski definition) is 2. The van der Waals surface area contributed by atoms with Gasteiger partial charge in [0.1, 0.15) is 5.75 Å². The summed E-state index contributed by atoms with van der Waals surface area (Å²) >= 11 is 0. The Morgan fingerprint density at radius 1 is 1.00 bits per heavy atom. The Balaban J connectivity index is 1.39. The number of carboxylic acid groups (broad SMARTS) is 1. The van der Waals surface area contributed by atoms with Crippen molar-refractivity contribution in [3.05, 3.63) is 42.0 Å². The smallest absolute Gasteiger partial charge is 0.303 e. The van der Waals surface area contributed by atoms with Crippen LogP contribution in [-0.4, -0.2) is 18.2 Å². The first-order chi connectivity index (χ1) is 13.2. The first kappa shape index (κ1) is 20.0. The molecule has 2 aliphatic carbocycles. The molecule has 3 nitrogen and oxygen atoms in total. The molecule has 1 aromatic carbocycles. The minimum absolute atomic E-state index is 0.253. The highest BCUT2D eigenvalue weighted by Crippen LogP contribution is 2.44. The number of carbonyl (C=O) groups is 1. The van der Waals surface area contributed by atoms with Crippen LogP contribution < -0.4 is 4.74 Å². The predicted molar refractivity (Wildman–Crippen MR) is 109 cm³/mol. The van der Waals surface area contributed by atoms with E-state index >= 15 is 0 Å². The first-order valence-electron chi connectivity index (χ1n) is 10.7. The van der Waals surface area contributed by atoms with Gasteiger partial charge in [0, 0.05) is 6.42 Å². The van der Waals surface area contributed by atoms with Gasteiger partial charge in [-0.3, -0.25) is 4.79 Å². The summed E-state index contributed by atoms with van der Waals surface area (Å²) in [6.45, 7) is 0. The lowest BCUT2D eigenvalue weighted by molar-refractivity contribution is -0.136. The molecule has 0 aromatic heterocycles. The van der Waals surface area contributed by atoms with E-state index in [1.54, 1.807) is 7.11 Å². The van der Waals surface area contributed by atoms with Gasteiger partial charge in [-0.2, -0.15) is 0 Å². The summed E-state index contributed by atoms with van der Waals surface area (Å²) in [5.41, 5.74) is 1.48. The Hall–Kier alpha value is -1.77. The van der Waals surface area contributed by atoms with Gasteiger partial charge in [0.05, 0.1) is 7.11 Å². The maximum absolute atomic E-state index is 10.6. The molecule has 1 aromatic rings. The summed E-state index contributed by atoms with van der Waals surface area (Å²) < 4.78 is 5.27. The fourth-order valence-corrected chi connectivity index (χ4v) is 5.10. The minimum atomic E-state index is -0.700. The third-order valence-electron chi connectivity index (χ3n) is 6.78. The van der Waals surface area contributed by atoms with Gasteiger partial charge in [0.15, 0.2) is 0 Å².